The van der Waals surface area contributed by atoms with Crippen molar-refractivity contribution < 1.29 is 18.0 Å². The third-order valence-electron chi connectivity index (χ3n) is 2.82. The van der Waals surface area contributed by atoms with Gasteiger partial charge in [-0.25, -0.2) is 13.2 Å². The van der Waals surface area contributed by atoms with E-state index in [4.69, 9.17) is 5.84 Å². The minimum Gasteiger partial charge on any atom is -0.323 e. The first kappa shape index (κ1) is 14.9. The van der Waals surface area contributed by atoms with Crippen LogP contribution >= 0.6 is 0 Å². The van der Waals surface area contributed by atoms with Crippen LogP contribution in [0.3, 0.4) is 0 Å². The Bertz CT molecular complexity index is 681. The standard InChI is InChI=1S/C14H12F3N3O/c1-7-2-3-12(20-18)9(4-7)14(21)19-13-10(16)5-8(15)6-11(13)17/h2-6,20H,18H2,1H3,(H,19,21). The Labute approximate surface area is 118 Å². The molecule has 1 amide bonds. The van der Waals surface area contributed by atoms with E-state index in [1.165, 1.54) is 6.07 Å². The highest BCUT2D eigenvalue weighted by Gasteiger charge is 2.17. The minimum absolute atomic E-state index is 0.112. The molecular formula is C14H12F3N3O. The molecule has 0 fully saturated rings. The van der Waals surface area contributed by atoms with E-state index in [9.17, 15) is 18.0 Å². The number of benzene rings is 2. The summed E-state index contributed by atoms with van der Waals surface area (Å²) in [5, 5.41) is 2.07. The van der Waals surface area contributed by atoms with Gasteiger partial charge in [-0.15, -0.1) is 0 Å². The summed E-state index contributed by atoms with van der Waals surface area (Å²) < 4.78 is 39.8. The lowest BCUT2D eigenvalue weighted by Crippen LogP contribution is -2.18. The molecule has 0 spiro atoms. The van der Waals surface area contributed by atoms with Gasteiger partial charge >= 0.3 is 0 Å². The largest absolute Gasteiger partial charge is 0.323 e. The monoisotopic (exact) mass is 295 g/mol. The Hall–Kier alpha value is -2.54. The van der Waals surface area contributed by atoms with Crippen molar-refractivity contribution in [2.24, 2.45) is 5.84 Å². The molecule has 0 aromatic heterocycles. The van der Waals surface area contributed by atoms with E-state index >= 15 is 0 Å². The van der Waals surface area contributed by atoms with Crippen LogP contribution in [0.1, 0.15) is 15.9 Å². The molecule has 21 heavy (non-hydrogen) atoms. The smallest absolute Gasteiger partial charge is 0.257 e. The lowest BCUT2D eigenvalue weighted by Gasteiger charge is -2.11. The van der Waals surface area contributed by atoms with Crippen molar-refractivity contribution in [1.82, 2.24) is 0 Å². The van der Waals surface area contributed by atoms with Gasteiger partial charge < -0.3 is 10.7 Å². The van der Waals surface area contributed by atoms with Crippen molar-refractivity contribution in [3.05, 3.63) is 58.9 Å². The number of hydrazine groups is 1. The summed E-state index contributed by atoms with van der Waals surface area (Å²) >= 11 is 0. The van der Waals surface area contributed by atoms with Crippen LogP contribution in [0, 0.1) is 24.4 Å². The highest BCUT2D eigenvalue weighted by Crippen LogP contribution is 2.23. The average molecular weight is 295 g/mol. The van der Waals surface area contributed by atoms with Crippen LogP contribution in [-0.4, -0.2) is 5.91 Å². The molecular weight excluding hydrogens is 283 g/mol. The number of aryl methyl sites for hydroxylation is 1. The maximum atomic E-state index is 13.5. The zero-order valence-electron chi connectivity index (χ0n) is 11.0. The number of hydrogen-bond acceptors (Lipinski definition) is 3. The number of halogens is 3. The van der Waals surface area contributed by atoms with Crippen LogP contribution in [0.4, 0.5) is 24.5 Å². The molecule has 0 bridgehead atoms. The molecule has 2 rings (SSSR count). The normalized spacial score (nSPS) is 10.3. The second kappa shape index (κ2) is 5.84. The molecule has 110 valence electrons. The van der Waals surface area contributed by atoms with Gasteiger partial charge in [-0.05, 0) is 19.1 Å². The molecule has 0 aliphatic rings. The van der Waals surface area contributed by atoms with E-state index < -0.39 is 29.0 Å². The van der Waals surface area contributed by atoms with E-state index in [1.807, 2.05) is 0 Å². The Balaban J connectivity index is 2.37. The summed E-state index contributed by atoms with van der Waals surface area (Å²) in [6.45, 7) is 1.75. The zero-order chi connectivity index (χ0) is 15.6. The quantitative estimate of drug-likeness (QED) is 0.602. The molecule has 0 unspecified atom stereocenters. The maximum absolute atomic E-state index is 13.5. The van der Waals surface area contributed by atoms with Crippen molar-refractivity contribution >= 4 is 17.3 Å². The van der Waals surface area contributed by atoms with Gasteiger partial charge in [0.05, 0.1) is 11.3 Å². The summed E-state index contributed by atoms with van der Waals surface area (Å²) in [4.78, 5) is 12.1. The average Bonchev–Trinajstić information content (AvgIpc) is 2.42. The Morgan fingerprint density at radius 1 is 1.10 bits per heavy atom. The molecule has 0 radical (unpaired) electrons. The zero-order valence-corrected chi connectivity index (χ0v) is 11.0. The van der Waals surface area contributed by atoms with Gasteiger partial charge in [0.25, 0.3) is 5.91 Å². The van der Waals surface area contributed by atoms with Gasteiger partial charge in [0.15, 0.2) is 11.6 Å². The van der Waals surface area contributed by atoms with Crippen molar-refractivity contribution in [2.75, 3.05) is 10.7 Å². The number of nitrogen functional groups attached to an aromatic ring is 1. The predicted molar refractivity (Wildman–Crippen MR) is 73.3 cm³/mol. The third-order valence-corrected chi connectivity index (χ3v) is 2.82. The molecule has 2 aromatic carbocycles. The van der Waals surface area contributed by atoms with E-state index in [2.05, 4.69) is 10.7 Å². The fourth-order valence-electron chi connectivity index (χ4n) is 1.81. The lowest BCUT2D eigenvalue weighted by molar-refractivity contribution is 0.102. The van der Waals surface area contributed by atoms with Gasteiger partial charge in [0, 0.05) is 12.1 Å². The predicted octanol–water partition coefficient (Wildman–Crippen LogP) is 2.95. The van der Waals surface area contributed by atoms with Crippen LogP contribution in [0.15, 0.2) is 30.3 Å². The number of nitrogens with one attached hydrogen (secondary N) is 2. The fraction of sp³-hybridized carbons (Fsp3) is 0.0714. The number of nitrogens with two attached hydrogens (primary N) is 1. The molecule has 2 aromatic rings. The van der Waals surface area contributed by atoms with Crippen molar-refractivity contribution in [3.8, 4) is 0 Å². The molecule has 0 aliphatic heterocycles. The summed E-state index contributed by atoms with van der Waals surface area (Å²) in [7, 11) is 0. The number of rotatable bonds is 3. The van der Waals surface area contributed by atoms with Gasteiger partial charge in [-0.3, -0.25) is 10.6 Å². The first-order valence-corrected chi connectivity index (χ1v) is 5.95. The Morgan fingerprint density at radius 3 is 2.29 bits per heavy atom. The second-order valence-corrected chi connectivity index (χ2v) is 4.39. The number of amides is 1. The SMILES string of the molecule is Cc1ccc(NN)c(C(=O)Nc2c(F)cc(F)cc2F)c1. The van der Waals surface area contributed by atoms with Crippen LogP contribution < -0.4 is 16.6 Å². The topological polar surface area (TPSA) is 67.1 Å². The minimum atomic E-state index is -1.20. The molecule has 0 saturated heterocycles. The van der Waals surface area contributed by atoms with Crippen molar-refractivity contribution in [3.63, 3.8) is 0 Å². The Morgan fingerprint density at radius 2 is 1.71 bits per heavy atom. The number of hydrogen-bond donors (Lipinski definition) is 3. The van der Waals surface area contributed by atoms with Gasteiger partial charge in [-0.1, -0.05) is 11.6 Å². The molecule has 4 nitrogen and oxygen atoms in total. The van der Waals surface area contributed by atoms with E-state index in [-0.39, 0.29) is 5.56 Å². The number of carbonyl (C=O) groups is 1. The summed E-state index contributed by atoms with van der Waals surface area (Å²) in [5.74, 6) is 1.05. The number of carbonyl (C=O) groups excluding carboxylic acids is 1. The molecule has 0 heterocycles. The highest BCUT2D eigenvalue weighted by atomic mass is 19.1. The summed E-state index contributed by atoms with van der Waals surface area (Å²) in [5.41, 5.74) is 2.77. The third kappa shape index (κ3) is 3.14. The molecule has 0 atom stereocenters. The van der Waals surface area contributed by atoms with E-state index in [0.717, 1.165) is 5.56 Å². The second-order valence-electron chi connectivity index (χ2n) is 4.39. The summed E-state index contributed by atoms with van der Waals surface area (Å²) in [6, 6.07) is 5.74. The van der Waals surface area contributed by atoms with Crippen molar-refractivity contribution in [2.45, 2.75) is 6.92 Å². The van der Waals surface area contributed by atoms with Gasteiger partial charge in [-0.2, -0.15) is 0 Å². The number of anilines is 2. The highest BCUT2D eigenvalue weighted by molar-refractivity contribution is 6.08. The van der Waals surface area contributed by atoms with E-state index in [0.29, 0.717) is 17.8 Å². The van der Waals surface area contributed by atoms with Crippen LogP contribution in [0.5, 0.6) is 0 Å². The Kier molecular flexibility index (Phi) is 4.13. The lowest BCUT2D eigenvalue weighted by atomic mass is 10.1. The van der Waals surface area contributed by atoms with Gasteiger partial charge in [0.2, 0.25) is 0 Å². The van der Waals surface area contributed by atoms with Crippen LogP contribution in [0.2, 0.25) is 0 Å². The van der Waals surface area contributed by atoms with Crippen molar-refractivity contribution in [1.29, 1.82) is 0 Å². The first-order chi connectivity index (χ1) is 9.92. The first-order valence-electron chi connectivity index (χ1n) is 5.95. The molecule has 0 saturated carbocycles. The van der Waals surface area contributed by atoms with Crippen LogP contribution in [-0.2, 0) is 0 Å². The molecule has 7 heteroatoms. The fourth-order valence-corrected chi connectivity index (χ4v) is 1.81. The van der Waals surface area contributed by atoms with Crippen LogP contribution in [0.25, 0.3) is 0 Å². The summed E-state index contributed by atoms with van der Waals surface area (Å²) in [6.07, 6.45) is 0. The molecule has 4 N–H and O–H groups in total. The van der Waals surface area contributed by atoms with Gasteiger partial charge in [0.1, 0.15) is 11.5 Å². The molecule has 0 aliphatic carbocycles. The maximum Gasteiger partial charge on any atom is 0.257 e. The van der Waals surface area contributed by atoms with E-state index in [1.54, 1.807) is 19.1 Å².